The van der Waals surface area contributed by atoms with Gasteiger partial charge in [0.05, 0.1) is 6.54 Å². The van der Waals surface area contributed by atoms with E-state index < -0.39 is 0 Å². The number of hydrogen-bond donors (Lipinski definition) is 1. The van der Waals surface area contributed by atoms with Crippen molar-refractivity contribution in [1.82, 2.24) is 25.0 Å². The molecule has 2 fully saturated rings. The van der Waals surface area contributed by atoms with Gasteiger partial charge in [0.1, 0.15) is 10.8 Å². The SMILES string of the molecule is CCc1nnc(Nc2cccc([C@@H]3CCCN(CC(=O)N4CCC(C)CC4)C3)n2)s1. The Morgan fingerprint density at radius 3 is 2.80 bits per heavy atom. The minimum atomic E-state index is 0.286. The molecule has 1 N–H and O–H groups in total. The van der Waals surface area contributed by atoms with E-state index in [9.17, 15) is 4.79 Å². The highest BCUT2D eigenvalue weighted by atomic mass is 32.1. The van der Waals surface area contributed by atoms with Crippen LogP contribution < -0.4 is 5.32 Å². The normalized spacial score (nSPS) is 21.0. The second-order valence-electron chi connectivity index (χ2n) is 8.56. The lowest BCUT2D eigenvalue weighted by molar-refractivity contribution is -0.134. The highest BCUT2D eigenvalue weighted by Crippen LogP contribution is 2.28. The minimum absolute atomic E-state index is 0.286. The third-order valence-corrected chi connectivity index (χ3v) is 7.18. The number of carbonyl (C=O) groups is 1. The lowest BCUT2D eigenvalue weighted by atomic mass is 9.94. The van der Waals surface area contributed by atoms with E-state index in [4.69, 9.17) is 4.98 Å². The molecule has 8 heteroatoms. The summed E-state index contributed by atoms with van der Waals surface area (Å²) in [7, 11) is 0. The monoisotopic (exact) mass is 428 g/mol. The van der Waals surface area contributed by atoms with Gasteiger partial charge in [0.2, 0.25) is 11.0 Å². The Labute approximate surface area is 182 Å². The summed E-state index contributed by atoms with van der Waals surface area (Å²) >= 11 is 1.57. The maximum Gasteiger partial charge on any atom is 0.236 e. The molecular formula is C22H32N6OS. The van der Waals surface area contributed by atoms with Crippen LogP contribution in [0.1, 0.15) is 56.2 Å². The van der Waals surface area contributed by atoms with E-state index >= 15 is 0 Å². The standard InChI is InChI=1S/C22H32N6OS/c1-3-20-25-26-22(30-20)24-19-8-4-7-18(23-19)17-6-5-11-27(14-17)15-21(29)28-12-9-16(2)10-13-28/h4,7-8,16-17H,3,5-6,9-15H2,1-2H3,(H,23,24,26)/t17-/m1/s1. The third-order valence-electron chi connectivity index (χ3n) is 6.19. The number of likely N-dealkylation sites (tertiary alicyclic amines) is 2. The molecule has 1 amide bonds. The van der Waals surface area contributed by atoms with E-state index in [1.165, 1.54) is 0 Å². The van der Waals surface area contributed by atoms with Crippen molar-refractivity contribution in [3.63, 3.8) is 0 Å². The Morgan fingerprint density at radius 1 is 1.20 bits per heavy atom. The summed E-state index contributed by atoms with van der Waals surface area (Å²) in [5.74, 6) is 2.19. The zero-order valence-corrected chi connectivity index (χ0v) is 18.8. The van der Waals surface area contributed by atoms with Crippen LogP contribution in [-0.4, -0.2) is 63.6 Å². The number of piperidine rings is 2. The van der Waals surface area contributed by atoms with E-state index in [-0.39, 0.29) is 5.91 Å². The van der Waals surface area contributed by atoms with Crippen molar-refractivity contribution in [2.45, 2.75) is 51.9 Å². The molecule has 4 heterocycles. The molecule has 30 heavy (non-hydrogen) atoms. The molecular weight excluding hydrogens is 396 g/mol. The Kier molecular flexibility index (Phi) is 6.94. The van der Waals surface area contributed by atoms with Crippen molar-refractivity contribution in [1.29, 1.82) is 0 Å². The molecule has 0 radical (unpaired) electrons. The Morgan fingerprint density at radius 2 is 2.03 bits per heavy atom. The lowest BCUT2D eigenvalue weighted by Gasteiger charge is -2.35. The first-order valence-electron chi connectivity index (χ1n) is 11.2. The van der Waals surface area contributed by atoms with Gasteiger partial charge in [0.25, 0.3) is 0 Å². The summed E-state index contributed by atoms with van der Waals surface area (Å²) in [4.78, 5) is 22.0. The zero-order valence-electron chi connectivity index (χ0n) is 18.0. The Hall–Kier alpha value is -2.06. The van der Waals surface area contributed by atoms with Crippen LogP contribution in [0, 0.1) is 5.92 Å². The van der Waals surface area contributed by atoms with Crippen LogP contribution in [0.2, 0.25) is 0 Å². The first-order valence-corrected chi connectivity index (χ1v) is 12.0. The molecule has 2 saturated heterocycles. The van der Waals surface area contributed by atoms with Gasteiger partial charge < -0.3 is 10.2 Å². The summed E-state index contributed by atoms with van der Waals surface area (Å²) in [5, 5.41) is 13.4. The first-order chi connectivity index (χ1) is 14.6. The number of anilines is 2. The molecule has 0 saturated carbocycles. The summed E-state index contributed by atoms with van der Waals surface area (Å²) in [6, 6.07) is 6.12. The fourth-order valence-corrected chi connectivity index (χ4v) is 4.98. The van der Waals surface area contributed by atoms with Crippen LogP contribution >= 0.6 is 11.3 Å². The fraction of sp³-hybridized carbons (Fsp3) is 0.636. The smallest absolute Gasteiger partial charge is 0.236 e. The van der Waals surface area contributed by atoms with Gasteiger partial charge in [0.15, 0.2) is 0 Å². The fourth-order valence-electron chi connectivity index (χ4n) is 4.29. The molecule has 0 aromatic carbocycles. The summed E-state index contributed by atoms with van der Waals surface area (Å²) in [6.07, 6.45) is 5.37. The van der Waals surface area contributed by atoms with Crippen molar-refractivity contribution >= 4 is 28.2 Å². The van der Waals surface area contributed by atoms with Crippen LogP contribution in [0.15, 0.2) is 18.2 Å². The Balaban J connectivity index is 1.35. The van der Waals surface area contributed by atoms with Gasteiger partial charge in [-0.05, 0) is 56.7 Å². The maximum absolute atomic E-state index is 12.7. The zero-order chi connectivity index (χ0) is 20.9. The molecule has 0 aliphatic carbocycles. The van der Waals surface area contributed by atoms with Gasteiger partial charge in [-0.3, -0.25) is 9.69 Å². The summed E-state index contributed by atoms with van der Waals surface area (Å²) < 4.78 is 0. The van der Waals surface area contributed by atoms with Crippen molar-refractivity contribution in [2.24, 2.45) is 5.92 Å². The molecule has 2 aromatic heterocycles. The molecule has 0 spiro atoms. The summed E-state index contributed by atoms with van der Waals surface area (Å²) in [6.45, 7) is 8.61. The average molecular weight is 429 g/mol. The molecule has 162 valence electrons. The van der Waals surface area contributed by atoms with E-state index in [2.05, 4.69) is 45.2 Å². The number of carbonyl (C=O) groups excluding carboxylic acids is 1. The molecule has 0 bridgehead atoms. The topological polar surface area (TPSA) is 74.2 Å². The number of pyridine rings is 1. The van der Waals surface area contributed by atoms with Crippen molar-refractivity contribution < 1.29 is 4.79 Å². The number of amides is 1. The average Bonchev–Trinajstić information content (AvgIpc) is 3.22. The number of aryl methyl sites for hydroxylation is 1. The number of nitrogens with one attached hydrogen (secondary N) is 1. The number of hydrogen-bond acceptors (Lipinski definition) is 7. The van der Waals surface area contributed by atoms with Gasteiger partial charge in [0, 0.05) is 31.2 Å². The highest BCUT2D eigenvalue weighted by molar-refractivity contribution is 7.15. The molecule has 2 aliphatic heterocycles. The van der Waals surface area contributed by atoms with Crippen LogP contribution in [-0.2, 0) is 11.2 Å². The molecule has 0 unspecified atom stereocenters. The molecule has 2 aliphatic rings. The van der Waals surface area contributed by atoms with Gasteiger partial charge in [-0.15, -0.1) is 10.2 Å². The van der Waals surface area contributed by atoms with Gasteiger partial charge in [-0.2, -0.15) is 0 Å². The second-order valence-corrected chi connectivity index (χ2v) is 9.63. The van der Waals surface area contributed by atoms with Crippen molar-refractivity contribution in [3.05, 3.63) is 28.9 Å². The lowest BCUT2D eigenvalue weighted by Crippen LogP contribution is -2.46. The first kappa shape index (κ1) is 21.2. The van der Waals surface area contributed by atoms with E-state index in [1.54, 1.807) is 11.3 Å². The number of nitrogens with zero attached hydrogens (tertiary/aromatic N) is 5. The van der Waals surface area contributed by atoms with Gasteiger partial charge >= 0.3 is 0 Å². The van der Waals surface area contributed by atoms with Crippen LogP contribution in [0.3, 0.4) is 0 Å². The highest BCUT2D eigenvalue weighted by Gasteiger charge is 2.27. The van der Waals surface area contributed by atoms with E-state index in [0.717, 1.165) is 85.9 Å². The molecule has 2 aromatic rings. The number of rotatable bonds is 6. The molecule has 7 nitrogen and oxygen atoms in total. The largest absolute Gasteiger partial charge is 0.342 e. The van der Waals surface area contributed by atoms with Gasteiger partial charge in [-0.25, -0.2) is 4.98 Å². The second kappa shape index (κ2) is 9.83. The Bertz CT molecular complexity index is 848. The van der Waals surface area contributed by atoms with Crippen LogP contribution in [0.5, 0.6) is 0 Å². The van der Waals surface area contributed by atoms with Crippen molar-refractivity contribution in [3.8, 4) is 0 Å². The van der Waals surface area contributed by atoms with Crippen LogP contribution in [0.4, 0.5) is 10.9 Å². The minimum Gasteiger partial charge on any atom is -0.342 e. The molecule has 4 rings (SSSR count). The molecule has 1 atom stereocenters. The number of aromatic nitrogens is 3. The van der Waals surface area contributed by atoms with Crippen molar-refractivity contribution in [2.75, 3.05) is 38.0 Å². The predicted molar refractivity (Wildman–Crippen MR) is 120 cm³/mol. The quantitative estimate of drug-likeness (QED) is 0.757. The van der Waals surface area contributed by atoms with Gasteiger partial charge in [-0.1, -0.05) is 31.3 Å². The van der Waals surface area contributed by atoms with Crippen LogP contribution in [0.25, 0.3) is 0 Å². The van der Waals surface area contributed by atoms with E-state index in [0.29, 0.717) is 12.5 Å². The summed E-state index contributed by atoms with van der Waals surface area (Å²) in [5.41, 5.74) is 1.09. The maximum atomic E-state index is 12.7. The van der Waals surface area contributed by atoms with E-state index in [1.807, 2.05) is 12.1 Å². The third kappa shape index (κ3) is 5.35. The predicted octanol–water partition coefficient (Wildman–Crippen LogP) is 3.68.